The van der Waals surface area contributed by atoms with Crippen molar-refractivity contribution in [2.75, 3.05) is 0 Å². The molecule has 0 fully saturated rings. The van der Waals surface area contributed by atoms with Crippen molar-refractivity contribution in [1.82, 2.24) is 30.1 Å². The molecule has 37 heavy (non-hydrogen) atoms. The summed E-state index contributed by atoms with van der Waals surface area (Å²) in [6.07, 6.45) is 0.797. The van der Waals surface area contributed by atoms with Crippen molar-refractivity contribution in [2.45, 2.75) is 52.9 Å². The molecule has 188 valence electrons. The number of rotatable bonds is 9. The number of aryl methyl sites for hydroxylation is 2. The number of tetrazole rings is 1. The molecule has 1 atom stereocenters. The Bertz CT molecular complexity index is 1540. The Morgan fingerprint density at radius 1 is 0.919 bits per heavy atom. The minimum Gasteiger partial charge on any atom is -0.322 e. The van der Waals surface area contributed by atoms with E-state index in [0.29, 0.717) is 19.6 Å². The maximum Gasteiger partial charge on any atom is 0.252 e. The number of H-pyrrole nitrogens is 1. The van der Waals surface area contributed by atoms with Gasteiger partial charge in [0.05, 0.1) is 12.6 Å². The third kappa shape index (κ3) is 5.52. The molecular weight excluding hydrogens is 460 g/mol. The minimum atomic E-state index is -0.0758. The van der Waals surface area contributed by atoms with Gasteiger partial charge in [0.2, 0.25) is 0 Å². The molecule has 0 amide bonds. The first-order valence-electron chi connectivity index (χ1n) is 12.7. The summed E-state index contributed by atoms with van der Waals surface area (Å²) in [5.74, 6) is 0.798. The highest BCUT2D eigenvalue weighted by Gasteiger charge is 2.26. The predicted octanol–water partition coefficient (Wildman–Crippen LogP) is 5.33. The first kappa shape index (κ1) is 24.6. The molecule has 0 saturated heterocycles. The van der Waals surface area contributed by atoms with Gasteiger partial charge in [0.1, 0.15) is 0 Å². The van der Waals surface area contributed by atoms with Crippen molar-refractivity contribution in [3.8, 4) is 0 Å². The summed E-state index contributed by atoms with van der Waals surface area (Å²) in [5, 5.41) is 13.9. The SMILES string of the molecule is CC[C@@H](c1nnnn1Cc1ccccc1)N(Cc1ccccc1)Cc1cc2c(C)cc(C)cc2[nH]c1=O. The van der Waals surface area contributed by atoms with Gasteiger partial charge in [-0.1, -0.05) is 73.7 Å². The lowest BCUT2D eigenvalue weighted by atomic mass is 10.0. The zero-order valence-electron chi connectivity index (χ0n) is 21.6. The number of hydrogen-bond acceptors (Lipinski definition) is 5. The molecule has 5 aromatic rings. The van der Waals surface area contributed by atoms with E-state index in [1.54, 1.807) is 0 Å². The van der Waals surface area contributed by atoms with Crippen LogP contribution in [0.15, 0.2) is 83.7 Å². The van der Waals surface area contributed by atoms with Crippen LogP contribution >= 0.6 is 0 Å². The average Bonchev–Trinajstić information content (AvgIpc) is 3.34. The lowest BCUT2D eigenvalue weighted by molar-refractivity contribution is 0.161. The third-order valence-electron chi connectivity index (χ3n) is 6.85. The molecule has 2 heterocycles. The summed E-state index contributed by atoms with van der Waals surface area (Å²) < 4.78 is 1.87. The highest BCUT2D eigenvalue weighted by molar-refractivity contribution is 5.83. The first-order chi connectivity index (χ1) is 18.0. The number of benzene rings is 3. The Kier molecular flexibility index (Phi) is 7.23. The molecule has 3 aromatic carbocycles. The number of nitrogens with one attached hydrogen (secondary N) is 1. The monoisotopic (exact) mass is 492 g/mol. The van der Waals surface area contributed by atoms with Crippen LogP contribution in [0.3, 0.4) is 0 Å². The van der Waals surface area contributed by atoms with E-state index < -0.39 is 0 Å². The largest absolute Gasteiger partial charge is 0.322 e. The van der Waals surface area contributed by atoms with Gasteiger partial charge in [0.25, 0.3) is 5.56 Å². The summed E-state index contributed by atoms with van der Waals surface area (Å²) in [7, 11) is 0. The Balaban J connectivity index is 1.53. The van der Waals surface area contributed by atoms with Crippen LogP contribution in [-0.2, 0) is 19.6 Å². The van der Waals surface area contributed by atoms with E-state index in [9.17, 15) is 4.79 Å². The Hall–Kier alpha value is -4.10. The van der Waals surface area contributed by atoms with Gasteiger partial charge in [0, 0.05) is 29.6 Å². The molecule has 5 rings (SSSR count). The van der Waals surface area contributed by atoms with Crippen molar-refractivity contribution in [3.05, 3.63) is 123 Å². The summed E-state index contributed by atoms with van der Waals surface area (Å²) in [5.41, 5.74) is 6.14. The molecule has 0 aliphatic rings. The number of nitrogens with zero attached hydrogens (tertiary/aromatic N) is 5. The molecule has 7 nitrogen and oxygen atoms in total. The highest BCUT2D eigenvalue weighted by Crippen LogP contribution is 2.27. The van der Waals surface area contributed by atoms with Crippen molar-refractivity contribution in [2.24, 2.45) is 0 Å². The Labute approximate surface area is 216 Å². The fourth-order valence-corrected chi connectivity index (χ4v) is 5.07. The van der Waals surface area contributed by atoms with Gasteiger partial charge < -0.3 is 4.98 Å². The van der Waals surface area contributed by atoms with Gasteiger partial charge in [-0.2, -0.15) is 0 Å². The average molecular weight is 493 g/mol. The molecule has 0 saturated carbocycles. The fraction of sp³-hybridized carbons (Fsp3) is 0.267. The van der Waals surface area contributed by atoms with Crippen LogP contribution in [0.25, 0.3) is 10.9 Å². The zero-order chi connectivity index (χ0) is 25.8. The number of aromatic amines is 1. The van der Waals surface area contributed by atoms with E-state index >= 15 is 0 Å². The maximum absolute atomic E-state index is 13.2. The molecule has 0 radical (unpaired) electrons. The van der Waals surface area contributed by atoms with Gasteiger partial charge in [-0.3, -0.25) is 9.69 Å². The van der Waals surface area contributed by atoms with E-state index in [1.165, 1.54) is 5.56 Å². The van der Waals surface area contributed by atoms with Crippen molar-refractivity contribution < 1.29 is 0 Å². The van der Waals surface area contributed by atoms with E-state index in [-0.39, 0.29) is 11.6 Å². The molecule has 0 spiro atoms. The molecule has 2 aromatic heterocycles. The Morgan fingerprint density at radius 3 is 2.32 bits per heavy atom. The smallest absolute Gasteiger partial charge is 0.252 e. The summed E-state index contributed by atoms with van der Waals surface area (Å²) in [6.45, 7) is 8.01. The molecule has 0 unspecified atom stereocenters. The topological polar surface area (TPSA) is 79.7 Å². The number of aromatic nitrogens is 5. The lowest BCUT2D eigenvalue weighted by Crippen LogP contribution is -2.32. The van der Waals surface area contributed by atoms with Crippen LogP contribution in [-0.4, -0.2) is 30.1 Å². The maximum atomic E-state index is 13.2. The number of fused-ring (bicyclic) bond motifs is 1. The molecule has 0 aliphatic carbocycles. The van der Waals surface area contributed by atoms with Crippen molar-refractivity contribution >= 4 is 10.9 Å². The summed E-state index contributed by atoms with van der Waals surface area (Å²) in [6, 6.07) is 26.7. The van der Waals surface area contributed by atoms with E-state index in [1.807, 2.05) is 60.1 Å². The lowest BCUT2D eigenvalue weighted by Gasteiger charge is -2.30. The van der Waals surface area contributed by atoms with Gasteiger partial charge in [-0.25, -0.2) is 4.68 Å². The fourth-order valence-electron chi connectivity index (χ4n) is 5.07. The normalized spacial score (nSPS) is 12.3. The second-order valence-electron chi connectivity index (χ2n) is 9.66. The van der Waals surface area contributed by atoms with Crippen molar-refractivity contribution in [3.63, 3.8) is 0 Å². The van der Waals surface area contributed by atoms with Gasteiger partial charge >= 0.3 is 0 Å². The Morgan fingerprint density at radius 2 is 1.62 bits per heavy atom. The van der Waals surface area contributed by atoms with Gasteiger partial charge in [-0.15, -0.1) is 5.10 Å². The first-order valence-corrected chi connectivity index (χ1v) is 12.7. The van der Waals surface area contributed by atoms with E-state index in [4.69, 9.17) is 0 Å². The number of pyridine rings is 1. The van der Waals surface area contributed by atoms with E-state index in [2.05, 4.69) is 69.6 Å². The van der Waals surface area contributed by atoms with Crippen LogP contribution < -0.4 is 5.56 Å². The molecule has 0 aliphatic heterocycles. The van der Waals surface area contributed by atoms with Crippen LogP contribution in [0.5, 0.6) is 0 Å². The molecule has 1 N–H and O–H groups in total. The van der Waals surface area contributed by atoms with Gasteiger partial charge in [-0.05, 0) is 65.1 Å². The minimum absolute atomic E-state index is 0.0608. The quantitative estimate of drug-likeness (QED) is 0.301. The second kappa shape index (κ2) is 10.9. The summed E-state index contributed by atoms with van der Waals surface area (Å²) in [4.78, 5) is 18.6. The van der Waals surface area contributed by atoms with Crippen LogP contribution in [0.4, 0.5) is 0 Å². The molecule has 7 heteroatoms. The summed E-state index contributed by atoms with van der Waals surface area (Å²) >= 11 is 0. The third-order valence-corrected chi connectivity index (χ3v) is 6.85. The predicted molar refractivity (Wildman–Crippen MR) is 146 cm³/mol. The zero-order valence-corrected chi connectivity index (χ0v) is 21.6. The second-order valence-corrected chi connectivity index (χ2v) is 9.66. The standard InChI is InChI=1S/C30H32N6O/c1-4-28(29-32-33-34-36(29)19-24-13-9-6-10-14-24)35(18-23-11-7-5-8-12-23)20-25-17-26-22(3)15-21(2)16-27(26)31-30(25)37/h5-17,28H,4,18-20H2,1-3H3,(H,31,37)/t28-/m0/s1. The van der Waals surface area contributed by atoms with Crippen molar-refractivity contribution in [1.29, 1.82) is 0 Å². The van der Waals surface area contributed by atoms with Crippen LogP contribution in [0.2, 0.25) is 0 Å². The molecule has 0 bridgehead atoms. The number of hydrogen-bond donors (Lipinski definition) is 1. The van der Waals surface area contributed by atoms with Gasteiger partial charge in [0.15, 0.2) is 5.82 Å². The van der Waals surface area contributed by atoms with E-state index in [0.717, 1.165) is 45.4 Å². The highest BCUT2D eigenvalue weighted by atomic mass is 16.1. The molecular formula is C30H32N6O. The van der Waals surface area contributed by atoms with Crippen LogP contribution in [0.1, 0.15) is 53.0 Å². The van der Waals surface area contributed by atoms with Crippen LogP contribution in [0, 0.1) is 13.8 Å².